The van der Waals surface area contributed by atoms with E-state index in [0.29, 0.717) is 24.3 Å². The Morgan fingerprint density at radius 2 is 1.67 bits per heavy atom. The smallest absolute Gasteiger partial charge is 0.255 e. The molecule has 0 bridgehead atoms. The number of rotatable bonds is 3. The molecule has 1 fully saturated rings. The summed E-state index contributed by atoms with van der Waals surface area (Å²) >= 11 is 3.47. The van der Waals surface area contributed by atoms with Gasteiger partial charge in [-0.3, -0.25) is 9.36 Å². The Morgan fingerprint density at radius 1 is 0.963 bits per heavy atom. The summed E-state index contributed by atoms with van der Waals surface area (Å²) in [6.07, 6.45) is 3.32. The van der Waals surface area contributed by atoms with E-state index in [4.69, 9.17) is 5.73 Å². The van der Waals surface area contributed by atoms with Gasteiger partial charge in [-0.2, -0.15) is 0 Å². The van der Waals surface area contributed by atoms with E-state index >= 15 is 0 Å². The summed E-state index contributed by atoms with van der Waals surface area (Å²) < 4.78 is 2.68. The molecule has 1 aliphatic rings. The van der Waals surface area contributed by atoms with Crippen LogP contribution in [-0.4, -0.2) is 51.8 Å². The fraction of sp³-hybridized carbons (Fsp3) is 0.211. The van der Waals surface area contributed by atoms with Crippen molar-refractivity contribution in [3.8, 4) is 5.69 Å². The second-order valence-corrected chi connectivity index (χ2v) is 7.23. The van der Waals surface area contributed by atoms with Crippen molar-refractivity contribution in [1.82, 2.24) is 19.7 Å². The van der Waals surface area contributed by atoms with E-state index in [-0.39, 0.29) is 5.91 Å². The van der Waals surface area contributed by atoms with Gasteiger partial charge in [-0.05, 0) is 46.3 Å². The van der Waals surface area contributed by atoms with Crippen LogP contribution >= 0.6 is 15.9 Å². The van der Waals surface area contributed by atoms with E-state index in [1.807, 2.05) is 51.9 Å². The first kappa shape index (κ1) is 17.5. The van der Waals surface area contributed by atoms with Crippen molar-refractivity contribution in [1.29, 1.82) is 0 Å². The minimum absolute atomic E-state index is 0.0541. The Labute approximate surface area is 165 Å². The van der Waals surface area contributed by atoms with Gasteiger partial charge in [0.2, 0.25) is 0 Å². The van der Waals surface area contributed by atoms with E-state index in [0.717, 1.165) is 28.9 Å². The average Bonchev–Trinajstić information content (AvgIpc) is 3.23. The van der Waals surface area contributed by atoms with Gasteiger partial charge in [0.1, 0.15) is 12.7 Å². The summed E-state index contributed by atoms with van der Waals surface area (Å²) in [5.74, 6) is 0.0541. The normalized spacial score (nSPS) is 14.4. The Hall–Kier alpha value is -2.87. The van der Waals surface area contributed by atoms with Crippen LogP contribution in [0.15, 0.2) is 59.6 Å². The number of anilines is 2. The highest BCUT2D eigenvalue weighted by atomic mass is 79.9. The lowest BCUT2D eigenvalue weighted by atomic mass is 10.1. The minimum Gasteiger partial charge on any atom is -0.399 e. The van der Waals surface area contributed by atoms with Gasteiger partial charge >= 0.3 is 0 Å². The number of hydrogen-bond donors (Lipinski definition) is 1. The molecular weight excluding hydrogens is 408 g/mol. The van der Waals surface area contributed by atoms with Gasteiger partial charge in [-0.25, -0.2) is 0 Å². The summed E-state index contributed by atoms with van der Waals surface area (Å²) in [6, 6.07) is 13.3. The zero-order valence-electron chi connectivity index (χ0n) is 14.6. The number of aromatic nitrogens is 3. The van der Waals surface area contributed by atoms with Crippen molar-refractivity contribution in [3.05, 3.63) is 65.2 Å². The summed E-state index contributed by atoms with van der Waals surface area (Å²) in [7, 11) is 0. The average molecular weight is 427 g/mol. The number of amides is 1. The molecule has 27 heavy (non-hydrogen) atoms. The number of benzene rings is 2. The fourth-order valence-electron chi connectivity index (χ4n) is 3.30. The maximum Gasteiger partial charge on any atom is 0.255 e. The molecule has 8 heteroatoms. The van der Waals surface area contributed by atoms with Gasteiger partial charge in [0.25, 0.3) is 5.91 Å². The lowest BCUT2D eigenvalue weighted by Crippen LogP contribution is -2.49. The van der Waals surface area contributed by atoms with Crippen molar-refractivity contribution in [2.24, 2.45) is 0 Å². The first-order chi connectivity index (χ1) is 13.1. The maximum absolute atomic E-state index is 12.8. The Bertz CT molecular complexity index is 951. The van der Waals surface area contributed by atoms with Gasteiger partial charge in [-0.1, -0.05) is 12.1 Å². The van der Waals surface area contributed by atoms with Gasteiger partial charge < -0.3 is 15.5 Å². The van der Waals surface area contributed by atoms with Gasteiger partial charge in [0.05, 0.1) is 16.9 Å². The van der Waals surface area contributed by atoms with Crippen molar-refractivity contribution in [2.75, 3.05) is 36.8 Å². The molecule has 0 atom stereocenters. The van der Waals surface area contributed by atoms with Gasteiger partial charge in [0.15, 0.2) is 0 Å². The number of nitrogen functional groups attached to an aromatic ring is 1. The summed E-state index contributed by atoms with van der Waals surface area (Å²) in [6.45, 7) is 2.81. The van der Waals surface area contributed by atoms with Crippen LogP contribution in [0.2, 0.25) is 0 Å². The fourth-order valence-corrected chi connectivity index (χ4v) is 3.75. The lowest BCUT2D eigenvalue weighted by Gasteiger charge is -2.37. The third-order valence-electron chi connectivity index (χ3n) is 4.71. The molecule has 0 radical (unpaired) electrons. The van der Waals surface area contributed by atoms with Gasteiger partial charge in [0, 0.05) is 36.3 Å². The molecule has 0 saturated carbocycles. The van der Waals surface area contributed by atoms with Crippen molar-refractivity contribution < 1.29 is 4.79 Å². The number of carbonyl (C=O) groups excluding carboxylic acids is 1. The van der Waals surface area contributed by atoms with Crippen LogP contribution in [0.1, 0.15) is 10.4 Å². The molecule has 2 heterocycles. The largest absolute Gasteiger partial charge is 0.399 e. The number of halogens is 1. The molecule has 0 unspecified atom stereocenters. The highest BCUT2D eigenvalue weighted by molar-refractivity contribution is 9.10. The molecule has 2 N–H and O–H groups in total. The van der Waals surface area contributed by atoms with Crippen LogP contribution < -0.4 is 10.6 Å². The molecule has 1 aliphatic heterocycles. The molecule has 0 spiro atoms. The Balaban J connectivity index is 1.52. The third-order valence-corrected chi connectivity index (χ3v) is 5.40. The van der Waals surface area contributed by atoms with Crippen LogP contribution in [0.4, 0.5) is 11.4 Å². The monoisotopic (exact) mass is 426 g/mol. The number of nitrogens with two attached hydrogens (primary N) is 1. The summed E-state index contributed by atoms with van der Waals surface area (Å²) in [5.41, 5.74) is 9.35. The number of carbonyl (C=O) groups is 1. The predicted octanol–water partition coefficient (Wildman–Crippen LogP) is 2.57. The molecular formula is C19H19BrN6O. The summed E-state index contributed by atoms with van der Waals surface area (Å²) in [4.78, 5) is 17.0. The summed E-state index contributed by atoms with van der Waals surface area (Å²) in [5, 5.41) is 7.78. The van der Waals surface area contributed by atoms with Crippen LogP contribution in [-0.2, 0) is 0 Å². The number of piperazine rings is 1. The standard InChI is InChI=1S/C19H19BrN6O/c20-16-4-2-1-3-15(16)19(27)25-9-7-24(8-10-25)17-6-5-14(21)11-18(17)26-12-22-23-13-26/h1-6,11-13H,7-10,21H2. The quantitative estimate of drug-likeness (QED) is 0.650. The van der Waals surface area contributed by atoms with Crippen LogP contribution in [0.25, 0.3) is 5.69 Å². The molecule has 4 rings (SSSR count). The maximum atomic E-state index is 12.8. The van der Waals surface area contributed by atoms with Gasteiger partial charge in [-0.15, -0.1) is 10.2 Å². The molecule has 0 aliphatic carbocycles. The van der Waals surface area contributed by atoms with E-state index in [9.17, 15) is 4.79 Å². The molecule has 138 valence electrons. The Kier molecular flexibility index (Phi) is 4.81. The Morgan fingerprint density at radius 3 is 2.37 bits per heavy atom. The molecule has 2 aromatic carbocycles. The SMILES string of the molecule is Nc1ccc(N2CCN(C(=O)c3ccccc3Br)CC2)c(-n2cnnc2)c1. The first-order valence-electron chi connectivity index (χ1n) is 8.67. The predicted molar refractivity (Wildman–Crippen MR) is 108 cm³/mol. The third kappa shape index (κ3) is 3.52. The van der Waals surface area contributed by atoms with Crippen molar-refractivity contribution in [3.63, 3.8) is 0 Å². The zero-order chi connectivity index (χ0) is 18.8. The molecule has 7 nitrogen and oxygen atoms in total. The molecule has 1 aromatic heterocycles. The van der Waals surface area contributed by atoms with Crippen LogP contribution in [0.5, 0.6) is 0 Å². The topological polar surface area (TPSA) is 80.3 Å². The highest BCUT2D eigenvalue weighted by Gasteiger charge is 2.24. The van der Waals surface area contributed by atoms with Crippen LogP contribution in [0.3, 0.4) is 0 Å². The minimum atomic E-state index is 0.0541. The molecule has 3 aromatic rings. The van der Waals surface area contributed by atoms with Crippen LogP contribution in [0, 0.1) is 0 Å². The second kappa shape index (κ2) is 7.40. The van der Waals surface area contributed by atoms with E-state index in [1.165, 1.54) is 0 Å². The van der Waals surface area contributed by atoms with Crippen molar-refractivity contribution in [2.45, 2.75) is 0 Å². The number of hydrogen-bond acceptors (Lipinski definition) is 5. The van der Waals surface area contributed by atoms with E-state index < -0.39 is 0 Å². The van der Waals surface area contributed by atoms with E-state index in [1.54, 1.807) is 12.7 Å². The molecule has 1 amide bonds. The second-order valence-electron chi connectivity index (χ2n) is 6.38. The van der Waals surface area contributed by atoms with Crippen molar-refractivity contribution >= 4 is 33.2 Å². The highest BCUT2D eigenvalue weighted by Crippen LogP contribution is 2.28. The first-order valence-corrected chi connectivity index (χ1v) is 9.46. The molecule has 1 saturated heterocycles. The van der Waals surface area contributed by atoms with E-state index in [2.05, 4.69) is 31.0 Å². The zero-order valence-corrected chi connectivity index (χ0v) is 16.2. The number of nitrogens with zero attached hydrogens (tertiary/aromatic N) is 5. The lowest BCUT2D eigenvalue weighted by molar-refractivity contribution is 0.0746.